The van der Waals surface area contributed by atoms with Crippen LogP contribution in [0.3, 0.4) is 0 Å². The second kappa shape index (κ2) is 7.12. The number of aliphatic carboxylic acids is 1. The van der Waals surface area contributed by atoms with E-state index in [-0.39, 0.29) is 31.0 Å². The molecule has 7 nitrogen and oxygen atoms in total. The van der Waals surface area contributed by atoms with Crippen LogP contribution in [0.5, 0.6) is 0 Å². The fourth-order valence-corrected chi connectivity index (χ4v) is 4.19. The number of fused-ring (bicyclic) bond motifs is 3. The number of carboxylic acids is 1. The summed E-state index contributed by atoms with van der Waals surface area (Å²) in [6, 6.07) is 0. The van der Waals surface area contributed by atoms with Crippen LogP contribution in [-0.2, 0) is 29.0 Å². The van der Waals surface area contributed by atoms with Gasteiger partial charge >= 0.3 is 5.97 Å². The maximum absolute atomic E-state index is 12.7. The maximum atomic E-state index is 12.7. The van der Waals surface area contributed by atoms with Crippen LogP contribution < -0.4 is 10.9 Å². The molecule has 0 aliphatic heterocycles. The van der Waals surface area contributed by atoms with E-state index in [0.717, 1.165) is 36.1 Å². The van der Waals surface area contributed by atoms with E-state index in [9.17, 15) is 14.4 Å². The number of carbonyl (C=O) groups is 2. The predicted molar refractivity (Wildman–Crippen MR) is 90.4 cm³/mol. The highest BCUT2D eigenvalue weighted by molar-refractivity contribution is 7.18. The van der Waals surface area contributed by atoms with Crippen molar-refractivity contribution in [3.8, 4) is 0 Å². The molecule has 1 aliphatic carbocycles. The second-order valence-corrected chi connectivity index (χ2v) is 7.00. The summed E-state index contributed by atoms with van der Waals surface area (Å²) in [5, 5.41) is 11.9. The summed E-state index contributed by atoms with van der Waals surface area (Å²) in [6.07, 6.45) is 5.92. The lowest BCUT2D eigenvalue weighted by Gasteiger charge is -2.10. The highest BCUT2D eigenvalue weighted by Crippen LogP contribution is 2.33. The van der Waals surface area contributed by atoms with Gasteiger partial charge in [-0.15, -0.1) is 11.3 Å². The molecule has 2 heterocycles. The van der Waals surface area contributed by atoms with E-state index < -0.39 is 5.97 Å². The number of carboxylic acid groups (broad SMARTS) is 1. The number of hydrogen-bond acceptors (Lipinski definition) is 5. The Balaban J connectivity index is 1.73. The summed E-state index contributed by atoms with van der Waals surface area (Å²) in [7, 11) is 0. The van der Waals surface area contributed by atoms with Gasteiger partial charge in [0.15, 0.2) is 0 Å². The quantitative estimate of drug-likeness (QED) is 0.766. The summed E-state index contributed by atoms with van der Waals surface area (Å²) in [4.78, 5) is 41.4. The molecular formula is C16H19N3O4S. The topological polar surface area (TPSA) is 101 Å². The molecule has 0 saturated heterocycles. The SMILES string of the molecule is O=C(O)CCCNC(=O)Cn1cnc2sc3c(c2c1=O)CCCC3. The number of rotatable bonds is 6. The molecule has 0 fully saturated rings. The van der Waals surface area contributed by atoms with Gasteiger partial charge in [-0.2, -0.15) is 0 Å². The molecule has 0 unspecified atom stereocenters. The zero-order chi connectivity index (χ0) is 17.1. The van der Waals surface area contributed by atoms with Crippen LogP contribution in [0.4, 0.5) is 0 Å². The van der Waals surface area contributed by atoms with Gasteiger partial charge in [-0.1, -0.05) is 0 Å². The Bertz CT molecular complexity index is 840. The Morgan fingerprint density at radius 1 is 1.33 bits per heavy atom. The van der Waals surface area contributed by atoms with Gasteiger partial charge in [0.2, 0.25) is 5.91 Å². The highest BCUT2D eigenvalue weighted by Gasteiger charge is 2.20. The molecule has 2 aromatic rings. The van der Waals surface area contributed by atoms with Crippen molar-refractivity contribution in [3.05, 3.63) is 27.1 Å². The van der Waals surface area contributed by atoms with Crippen LogP contribution >= 0.6 is 11.3 Å². The van der Waals surface area contributed by atoms with Crippen LogP contribution in [0.15, 0.2) is 11.1 Å². The monoisotopic (exact) mass is 349 g/mol. The molecule has 24 heavy (non-hydrogen) atoms. The second-order valence-electron chi connectivity index (χ2n) is 5.92. The first-order valence-corrected chi connectivity index (χ1v) is 8.86. The molecule has 0 aromatic carbocycles. The Hall–Kier alpha value is -2.22. The summed E-state index contributed by atoms with van der Waals surface area (Å²) >= 11 is 1.58. The number of nitrogens with one attached hydrogen (secondary N) is 1. The smallest absolute Gasteiger partial charge is 0.303 e. The van der Waals surface area contributed by atoms with Gasteiger partial charge < -0.3 is 10.4 Å². The third kappa shape index (κ3) is 3.48. The van der Waals surface area contributed by atoms with E-state index in [1.54, 1.807) is 11.3 Å². The normalized spacial score (nSPS) is 13.7. The number of amides is 1. The number of aryl methyl sites for hydroxylation is 2. The molecule has 0 bridgehead atoms. The molecule has 0 radical (unpaired) electrons. The Morgan fingerprint density at radius 3 is 2.92 bits per heavy atom. The Morgan fingerprint density at radius 2 is 2.12 bits per heavy atom. The summed E-state index contributed by atoms with van der Waals surface area (Å²) < 4.78 is 1.33. The summed E-state index contributed by atoms with van der Waals surface area (Å²) in [5.74, 6) is -1.20. The van der Waals surface area contributed by atoms with E-state index in [1.807, 2.05) is 0 Å². The Kier molecular flexibility index (Phi) is 4.94. The van der Waals surface area contributed by atoms with Gasteiger partial charge in [0, 0.05) is 17.8 Å². The molecule has 0 atom stereocenters. The fraction of sp³-hybridized carbons (Fsp3) is 0.500. The molecule has 0 saturated carbocycles. The van der Waals surface area contributed by atoms with E-state index in [1.165, 1.54) is 15.8 Å². The number of aromatic nitrogens is 2. The fourth-order valence-electron chi connectivity index (χ4n) is 2.97. The highest BCUT2D eigenvalue weighted by atomic mass is 32.1. The average molecular weight is 349 g/mol. The largest absolute Gasteiger partial charge is 0.481 e. The molecule has 1 amide bonds. The maximum Gasteiger partial charge on any atom is 0.303 e. The van der Waals surface area contributed by atoms with Crippen molar-refractivity contribution in [1.29, 1.82) is 0 Å². The molecular weight excluding hydrogens is 330 g/mol. The molecule has 128 valence electrons. The van der Waals surface area contributed by atoms with E-state index in [4.69, 9.17) is 5.11 Å². The van der Waals surface area contributed by atoms with Gasteiger partial charge in [-0.05, 0) is 37.7 Å². The summed E-state index contributed by atoms with van der Waals surface area (Å²) in [5.41, 5.74) is 0.940. The van der Waals surface area contributed by atoms with Crippen molar-refractivity contribution in [2.45, 2.75) is 45.1 Å². The average Bonchev–Trinajstić information content (AvgIpc) is 2.93. The lowest BCUT2D eigenvalue weighted by Crippen LogP contribution is -2.33. The number of hydrogen-bond donors (Lipinski definition) is 2. The predicted octanol–water partition coefficient (Wildman–Crippen LogP) is 1.32. The van der Waals surface area contributed by atoms with Gasteiger partial charge in [0.1, 0.15) is 11.4 Å². The minimum Gasteiger partial charge on any atom is -0.481 e. The molecule has 0 spiro atoms. The molecule has 1 aliphatic rings. The third-order valence-electron chi connectivity index (χ3n) is 4.15. The van der Waals surface area contributed by atoms with Gasteiger partial charge in [-0.3, -0.25) is 19.0 Å². The van der Waals surface area contributed by atoms with Crippen molar-refractivity contribution in [1.82, 2.24) is 14.9 Å². The number of thiophene rings is 1. The van der Waals surface area contributed by atoms with Gasteiger partial charge in [-0.25, -0.2) is 4.98 Å². The molecule has 3 rings (SSSR count). The minimum absolute atomic E-state index is 0.00871. The van der Waals surface area contributed by atoms with Crippen LogP contribution in [0.25, 0.3) is 10.2 Å². The van der Waals surface area contributed by atoms with Crippen LogP contribution in [-0.4, -0.2) is 33.1 Å². The first-order valence-electron chi connectivity index (χ1n) is 8.04. The van der Waals surface area contributed by atoms with Crippen LogP contribution in [0, 0.1) is 0 Å². The number of carbonyl (C=O) groups excluding carboxylic acids is 1. The van der Waals surface area contributed by atoms with E-state index >= 15 is 0 Å². The number of nitrogens with zero attached hydrogens (tertiary/aromatic N) is 2. The molecule has 2 aromatic heterocycles. The van der Waals surface area contributed by atoms with Crippen LogP contribution in [0.1, 0.15) is 36.1 Å². The van der Waals surface area contributed by atoms with Crippen molar-refractivity contribution >= 4 is 33.4 Å². The standard InChI is InChI=1S/C16H19N3O4S/c20-12(17-7-3-6-13(21)22)8-19-9-18-15-14(16(19)23)10-4-1-2-5-11(10)24-15/h9H,1-8H2,(H,17,20)(H,21,22). The summed E-state index contributed by atoms with van der Waals surface area (Å²) in [6.45, 7) is 0.183. The van der Waals surface area contributed by atoms with E-state index in [0.29, 0.717) is 11.8 Å². The first-order chi connectivity index (χ1) is 11.6. The van der Waals surface area contributed by atoms with Crippen molar-refractivity contribution in [2.24, 2.45) is 0 Å². The van der Waals surface area contributed by atoms with Gasteiger partial charge in [0.25, 0.3) is 5.56 Å². The van der Waals surface area contributed by atoms with Crippen LogP contribution in [0.2, 0.25) is 0 Å². The minimum atomic E-state index is -0.891. The molecule has 8 heteroatoms. The Labute approximate surface area is 142 Å². The van der Waals surface area contributed by atoms with Crippen molar-refractivity contribution in [3.63, 3.8) is 0 Å². The zero-order valence-corrected chi connectivity index (χ0v) is 14.0. The van der Waals surface area contributed by atoms with Gasteiger partial charge in [0.05, 0.1) is 11.7 Å². The van der Waals surface area contributed by atoms with Crippen molar-refractivity contribution in [2.75, 3.05) is 6.54 Å². The van der Waals surface area contributed by atoms with E-state index in [2.05, 4.69) is 10.3 Å². The third-order valence-corrected chi connectivity index (χ3v) is 5.35. The first kappa shape index (κ1) is 16.6. The lowest BCUT2D eigenvalue weighted by molar-refractivity contribution is -0.137. The molecule has 2 N–H and O–H groups in total. The zero-order valence-electron chi connectivity index (χ0n) is 13.2. The van der Waals surface area contributed by atoms with Crippen molar-refractivity contribution < 1.29 is 14.7 Å². The lowest BCUT2D eigenvalue weighted by atomic mass is 9.97.